The van der Waals surface area contributed by atoms with E-state index in [1.807, 2.05) is 13.8 Å². The Morgan fingerprint density at radius 3 is 2.48 bits per heavy atom. The normalized spacial score (nSPS) is 29.0. The van der Waals surface area contributed by atoms with Crippen LogP contribution in [0.1, 0.15) is 60.3 Å². The second kappa shape index (κ2) is 6.53. The van der Waals surface area contributed by atoms with Gasteiger partial charge in [-0.15, -0.1) is 0 Å². The van der Waals surface area contributed by atoms with Gasteiger partial charge in [0.25, 0.3) is 0 Å². The minimum atomic E-state index is -0.531. The van der Waals surface area contributed by atoms with Gasteiger partial charge in [0.05, 0.1) is 0 Å². The molecule has 1 rings (SSSR count). The number of rotatable bonds is 5. The minimum absolute atomic E-state index is 0.0643. The highest BCUT2D eigenvalue weighted by Crippen LogP contribution is 2.39. The number of ether oxygens (including phenoxy) is 2. The van der Waals surface area contributed by atoms with Gasteiger partial charge < -0.3 is 20.5 Å². The number of methoxy groups -OCH3 is 1. The van der Waals surface area contributed by atoms with E-state index < -0.39 is 5.60 Å². The van der Waals surface area contributed by atoms with E-state index >= 15 is 0 Å². The fourth-order valence-corrected chi connectivity index (χ4v) is 3.49. The predicted molar refractivity (Wildman–Crippen MR) is 84.2 cm³/mol. The molecule has 21 heavy (non-hydrogen) atoms. The van der Waals surface area contributed by atoms with Gasteiger partial charge >= 0.3 is 6.09 Å². The molecule has 5 nitrogen and oxygen atoms in total. The molecule has 0 bridgehead atoms. The monoisotopic (exact) mass is 300 g/mol. The summed E-state index contributed by atoms with van der Waals surface area (Å²) in [5.41, 5.74) is 5.66. The molecule has 1 amide bonds. The van der Waals surface area contributed by atoms with Gasteiger partial charge in [-0.2, -0.15) is 0 Å². The summed E-state index contributed by atoms with van der Waals surface area (Å²) in [7, 11) is 1.64. The van der Waals surface area contributed by atoms with E-state index in [0.29, 0.717) is 13.0 Å². The maximum absolute atomic E-state index is 12.1. The smallest absolute Gasteiger partial charge is 0.407 e. The number of carbonyl (C=O) groups excluding carboxylic acids is 1. The van der Waals surface area contributed by atoms with Crippen molar-refractivity contribution in [1.82, 2.24) is 5.32 Å². The molecule has 0 aromatic rings. The van der Waals surface area contributed by atoms with Crippen LogP contribution in [-0.4, -0.2) is 37.0 Å². The van der Waals surface area contributed by atoms with Crippen molar-refractivity contribution in [2.45, 2.75) is 77.5 Å². The van der Waals surface area contributed by atoms with Crippen LogP contribution in [0.5, 0.6) is 0 Å². The van der Waals surface area contributed by atoms with Gasteiger partial charge in [0.15, 0.2) is 0 Å². The number of carbonyl (C=O) groups is 1. The van der Waals surface area contributed by atoms with Crippen molar-refractivity contribution in [2.75, 3.05) is 13.7 Å². The van der Waals surface area contributed by atoms with Gasteiger partial charge in [-0.25, -0.2) is 4.79 Å². The Hall–Kier alpha value is -0.810. The number of amides is 1. The quantitative estimate of drug-likeness (QED) is 0.819. The summed E-state index contributed by atoms with van der Waals surface area (Å²) >= 11 is 0. The van der Waals surface area contributed by atoms with Crippen molar-refractivity contribution >= 4 is 6.09 Å². The Morgan fingerprint density at radius 1 is 1.33 bits per heavy atom. The summed E-state index contributed by atoms with van der Waals surface area (Å²) < 4.78 is 10.5. The van der Waals surface area contributed by atoms with Crippen molar-refractivity contribution in [2.24, 2.45) is 11.1 Å². The molecule has 0 saturated heterocycles. The zero-order valence-corrected chi connectivity index (χ0v) is 14.4. The molecule has 2 atom stereocenters. The van der Waals surface area contributed by atoms with E-state index in [4.69, 9.17) is 15.2 Å². The highest BCUT2D eigenvalue weighted by molar-refractivity contribution is 5.68. The number of alkyl carbamates (subject to hydrolysis) is 1. The van der Waals surface area contributed by atoms with Gasteiger partial charge in [0.1, 0.15) is 5.60 Å². The van der Waals surface area contributed by atoms with Gasteiger partial charge in [-0.05, 0) is 45.4 Å². The van der Waals surface area contributed by atoms with E-state index in [2.05, 4.69) is 26.1 Å². The summed E-state index contributed by atoms with van der Waals surface area (Å²) in [5.74, 6) is 0. The topological polar surface area (TPSA) is 73.6 Å². The number of hydrogen-bond donors (Lipinski definition) is 2. The summed E-state index contributed by atoms with van der Waals surface area (Å²) in [5, 5.41) is 2.98. The Bertz CT molecular complexity index is 349. The third kappa shape index (κ3) is 6.66. The highest BCUT2D eigenvalue weighted by Gasteiger charge is 2.39. The summed E-state index contributed by atoms with van der Waals surface area (Å²) in [4.78, 5) is 12.1. The Labute approximate surface area is 128 Å². The van der Waals surface area contributed by atoms with Crippen LogP contribution in [0.2, 0.25) is 0 Å². The van der Waals surface area contributed by atoms with E-state index in [-0.39, 0.29) is 23.1 Å². The van der Waals surface area contributed by atoms with E-state index in [1.54, 1.807) is 7.11 Å². The van der Waals surface area contributed by atoms with Gasteiger partial charge in [0, 0.05) is 31.7 Å². The standard InChI is InChI=1S/C16H32N2O3/c1-14(2)9-12(10-16(5,17)11-14)18-13(19)21-15(3,4)7-8-20-6/h12H,7-11,17H2,1-6H3,(H,18,19). The number of hydrogen-bond acceptors (Lipinski definition) is 4. The van der Waals surface area contributed by atoms with Crippen LogP contribution in [0.4, 0.5) is 4.79 Å². The minimum Gasteiger partial charge on any atom is -0.443 e. The fraction of sp³-hybridized carbons (Fsp3) is 0.938. The Kier molecular flexibility index (Phi) is 5.67. The first-order valence-electron chi connectivity index (χ1n) is 7.72. The molecular formula is C16H32N2O3. The van der Waals surface area contributed by atoms with Gasteiger partial charge in [0.2, 0.25) is 0 Å². The number of nitrogens with two attached hydrogens (primary N) is 1. The molecule has 2 unspecified atom stereocenters. The first-order chi connectivity index (χ1) is 9.45. The van der Waals surface area contributed by atoms with Crippen molar-refractivity contribution < 1.29 is 14.3 Å². The average Bonchev–Trinajstić information content (AvgIpc) is 2.20. The molecule has 5 heteroatoms. The van der Waals surface area contributed by atoms with Crippen LogP contribution in [0.25, 0.3) is 0 Å². The van der Waals surface area contributed by atoms with Crippen molar-refractivity contribution in [1.29, 1.82) is 0 Å². The van der Waals surface area contributed by atoms with Crippen molar-refractivity contribution in [3.05, 3.63) is 0 Å². The largest absolute Gasteiger partial charge is 0.443 e. The second-order valence-corrected chi connectivity index (χ2v) is 8.14. The molecule has 0 aliphatic heterocycles. The highest BCUT2D eigenvalue weighted by atomic mass is 16.6. The zero-order valence-electron chi connectivity index (χ0n) is 14.4. The van der Waals surface area contributed by atoms with Crippen LogP contribution in [0.15, 0.2) is 0 Å². The molecule has 1 fully saturated rings. The second-order valence-electron chi connectivity index (χ2n) is 8.14. The Morgan fingerprint density at radius 2 is 1.95 bits per heavy atom. The van der Waals surface area contributed by atoms with Crippen molar-refractivity contribution in [3.8, 4) is 0 Å². The van der Waals surface area contributed by atoms with Crippen LogP contribution in [0.3, 0.4) is 0 Å². The first-order valence-corrected chi connectivity index (χ1v) is 7.72. The van der Waals surface area contributed by atoms with Gasteiger partial charge in [-0.1, -0.05) is 13.8 Å². The molecule has 0 aromatic carbocycles. The van der Waals surface area contributed by atoms with Gasteiger partial charge in [-0.3, -0.25) is 0 Å². The lowest BCUT2D eigenvalue weighted by molar-refractivity contribution is 0.0101. The molecule has 0 aromatic heterocycles. The fourth-order valence-electron chi connectivity index (χ4n) is 3.49. The summed E-state index contributed by atoms with van der Waals surface area (Å²) in [6.07, 6.45) is 2.97. The number of nitrogens with one attached hydrogen (secondary N) is 1. The van der Waals surface area contributed by atoms with Crippen LogP contribution in [0, 0.1) is 5.41 Å². The molecule has 1 aliphatic rings. The van der Waals surface area contributed by atoms with Crippen molar-refractivity contribution in [3.63, 3.8) is 0 Å². The lowest BCUT2D eigenvalue weighted by Crippen LogP contribution is -2.54. The average molecular weight is 300 g/mol. The first kappa shape index (κ1) is 18.2. The predicted octanol–water partition coefficient (Wildman–Crippen LogP) is 2.82. The maximum Gasteiger partial charge on any atom is 0.407 e. The molecule has 0 heterocycles. The molecular weight excluding hydrogens is 268 g/mol. The summed E-state index contributed by atoms with van der Waals surface area (Å²) in [6.45, 7) is 10.8. The lowest BCUT2D eigenvalue weighted by Gasteiger charge is -2.44. The lowest BCUT2D eigenvalue weighted by atomic mass is 9.67. The Balaban J connectivity index is 2.54. The van der Waals surface area contributed by atoms with E-state index in [1.165, 1.54) is 0 Å². The molecule has 0 radical (unpaired) electrons. The van der Waals surface area contributed by atoms with E-state index in [0.717, 1.165) is 19.3 Å². The van der Waals surface area contributed by atoms with E-state index in [9.17, 15) is 4.79 Å². The van der Waals surface area contributed by atoms with Crippen LogP contribution >= 0.6 is 0 Å². The maximum atomic E-state index is 12.1. The third-order valence-electron chi connectivity index (χ3n) is 3.99. The zero-order chi connectivity index (χ0) is 16.3. The van der Waals surface area contributed by atoms with Crippen LogP contribution < -0.4 is 11.1 Å². The SMILES string of the molecule is COCCC(C)(C)OC(=O)NC1CC(C)(C)CC(C)(N)C1. The molecule has 1 saturated carbocycles. The van der Waals surface area contributed by atoms with Crippen LogP contribution in [-0.2, 0) is 9.47 Å². The molecule has 124 valence electrons. The molecule has 1 aliphatic carbocycles. The molecule has 3 N–H and O–H groups in total. The third-order valence-corrected chi connectivity index (χ3v) is 3.99. The summed E-state index contributed by atoms with van der Waals surface area (Å²) in [6, 6.07) is 0.0643. The molecule has 0 spiro atoms.